The number of rotatable bonds is 3. The second-order valence-electron chi connectivity index (χ2n) is 6.71. The lowest BCUT2D eigenvalue weighted by atomic mass is 10.1. The largest absolute Gasteiger partial charge is 0.388 e. The van der Waals surface area contributed by atoms with Crippen LogP contribution in [0.3, 0.4) is 0 Å². The molecule has 3 heteroatoms. The number of fused-ring (bicyclic) bond motifs is 1. The summed E-state index contributed by atoms with van der Waals surface area (Å²) in [7, 11) is 1.95. The highest BCUT2D eigenvalue weighted by Gasteiger charge is 2.00. The van der Waals surface area contributed by atoms with E-state index in [1.165, 1.54) is 28.6 Å². The summed E-state index contributed by atoms with van der Waals surface area (Å²) in [4.78, 5) is 10.3. The Morgan fingerprint density at radius 2 is 1.56 bits per heavy atom. The zero-order chi connectivity index (χ0) is 19.6. The van der Waals surface area contributed by atoms with Crippen LogP contribution in [0.2, 0.25) is 0 Å². The van der Waals surface area contributed by atoms with E-state index in [1.54, 1.807) is 5.57 Å². The molecule has 140 valence electrons. The molecule has 0 radical (unpaired) electrons. The van der Waals surface area contributed by atoms with Gasteiger partial charge in [0.2, 0.25) is 6.54 Å². The molecular formula is C24H29N2O+. The van der Waals surface area contributed by atoms with Gasteiger partial charge in [-0.05, 0) is 49.8 Å². The number of aryl methyl sites for hydroxylation is 2. The maximum Gasteiger partial charge on any atom is 0.203 e. The number of aromatic nitrogens is 1. The number of pyridine rings is 1. The van der Waals surface area contributed by atoms with E-state index in [2.05, 4.69) is 56.4 Å². The molecule has 0 atom stereocenters. The highest BCUT2D eigenvalue weighted by molar-refractivity contribution is 5.80. The van der Waals surface area contributed by atoms with Crippen molar-refractivity contribution in [3.05, 3.63) is 83.7 Å². The second kappa shape index (κ2) is 10.3. The van der Waals surface area contributed by atoms with E-state index in [4.69, 9.17) is 0 Å². The Balaban J connectivity index is 0.000000164. The van der Waals surface area contributed by atoms with Crippen LogP contribution >= 0.6 is 0 Å². The minimum Gasteiger partial charge on any atom is -0.388 e. The summed E-state index contributed by atoms with van der Waals surface area (Å²) < 4.78 is 1.87. The van der Waals surface area contributed by atoms with Gasteiger partial charge in [-0.2, -0.15) is 4.57 Å². The molecule has 1 heterocycles. The molecule has 0 saturated carbocycles. The van der Waals surface area contributed by atoms with Gasteiger partial charge in [-0.15, -0.1) is 0 Å². The molecule has 0 amide bonds. The number of benzene rings is 2. The number of carbonyl (C=O) groups excluding carboxylic acids is 1. The van der Waals surface area contributed by atoms with Gasteiger partial charge in [-0.25, -0.2) is 0 Å². The third-order valence-electron chi connectivity index (χ3n) is 4.38. The topological polar surface area (TPSA) is 33.0 Å². The molecule has 0 saturated heterocycles. The lowest BCUT2D eigenvalue weighted by Crippen LogP contribution is -2.33. The summed E-state index contributed by atoms with van der Waals surface area (Å²) in [5, 5.41) is 5.52. The van der Waals surface area contributed by atoms with Crippen molar-refractivity contribution >= 4 is 22.7 Å². The van der Waals surface area contributed by atoms with Crippen LogP contribution in [0.4, 0.5) is 5.69 Å². The van der Waals surface area contributed by atoms with Crippen molar-refractivity contribution in [3.63, 3.8) is 0 Å². The number of carbonyl (C=O) groups is 1. The summed E-state index contributed by atoms with van der Waals surface area (Å²) in [5.74, 6) is 0. The maximum absolute atomic E-state index is 10.3. The van der Waals surface area contributed by atoms with Gasteiger partial charge in [0.1, 0.15) is 0 Å². The van der Waals surface area contributed by atoms with E-state index >= 15 is 0 Å². The highest BCUT2D eigenvalue weighted by Crippen LogP contribution is 2.17. The third kappa shape index (κ3) is 6.70. The van der Waals surface area contributed by atoms with Crippen molar-refractivity contribution in [3.8, 4) is 0 Å². The van der Waals surface area contributed by atoms with Crippen LogP contribution < -0.4 is 9.88 Å². The van der Waals surface area contributed by atoms with Gasteiger partial charge in [-0.1, -0.05) is 48.0 Å². The Morgan fingerprint density at radius 3 is 2.04 bits per heavy atom. The molecule has 0 aliphatic heterocycles. The first-order chi connectivity index (χ1) is 13.0. The third-order valence-corrected chi connectivity index (χ3v) is 4.38. The predicted octanol–water partition coefficient (Wildman–Crippen LogP) is 5.01. The molecule has 4 rings (SSSR count). The smallest absolute Gasteiger partial charge is 0.203 e. The van der Waals surface area contributed by atoms with Crippen molar-refractivity contribution in [2.45, 2.75) is 33.7 Å². The van der Waals surface area contributed by atoms with E-state index in [1.807, 2.05) is 48.3 Å². The fourth-order valence-corrected chi connectivity index (χ4v) is 2.69. The molecule has 3 aromatic rings. The lowest BCUT2D eigenvalue weighted by molar-refractivity contribution is -0.681. The van der Waals surface area contributed by atoms with Crippen LogP contribution in [0.1, 0.15) is 24.5 Å². The van der Waals surface area contributed by atoms with Crippen LogP contribution in [0.5, 0.6) is 0 Å². The van der Waals surface area contributed by atoms with Crippen molar-refractivity contribution in [1.29, 1.82) is 0 Å². The van der Waals surface area contributed by atoms with E-state index in [0.29, 0.717) is 6.54 Å². The summed E-state index contributed by atoms with van der Waals surface area (Å²) in [6.07, 6.45) is 8.27. The number of nitrogens with zero attached hydrogens (tertiary/aromatic N) is 1. The molecule has 0 spiro atoms. The van der Waals surface area contributed by atoms with Gasteiger partial charge in [0.25, 0.3) is 0 Å². The fourth-order valence-electron chi connectivity index (χ4n) is 2.69. The van der Waals surface area contributed by atoms with Crippen molar-refractivity contribution in [1.82, 2.24) is 0 Å². The number of hydrogen-bond acceptors (Lipinski definition) is 2. The molecule has 0 bridgehead atoms. The van der Waals surface area contributed by atoms with Crippen molar-refractivity contribution in [2.75, 3.05) is 12.4 Å². The van der Waals surface area contributed by atoms with Crippen LogP contribution in [0.25, 0.3) is 10.8 Å². The normalized spacial score (nSPS) is 11.3. The summed E-state index contributed by atoms with van der Waals surface area (Å²) in [6.45, 7) is 6.78. The lowest BCUT2D eigenvalue weighted by Gasteiger charge is -2.07. The Kier molecular flexibility index (Phi) is 7.75. The summed E-state index contributed by atoms with van der Waals surface area (Å²) in [6, 6.07) is 16.4. The van der Waals surface area contributed by atoms with Gasteiger partial charge in [0.05, 0.1) is 0 Å². The molecular weight excluding hydrogens is 332 g/mol. The van der Waals surface area contributed by atoms with E-state index in [9.17, 15) is 4.79 Å². The summed E-state index contributed by atoms with van der Waals surface area (Å²) >= 11 is 0. The second-order valence-corrected chi connectivity index (χ2v) is 6.71. The molecule has 1 aromatic heterocycles. The van der Waals surface area contributed by atoms with Crippen molar-refractivity contribution in [2.24, 2.45) is 0 Å². The number of para-hydroxylation sites is 1. The number of aldehydes is 1. The van der Waals surface area contributed by atoms with Crippen LogP contribution in [0.15, 0.2) is 72.6 Å². The average Bonchev–Trinajstić information content (AvgIpc) is 3.45. The van der Waals surface area contributed by atoms with Crippen LogP contribution in [-0.2, 0) is 11.3 Å². The Hall–Kier alpha value is -2.94. The molecule has 1 N–H and O–H groups in total. The number of nitrogens with one attached hydrogen (secondary N) is 1. The van der Waals surface area contributed by atoms with Crippen LogP contribution in [0, 0.1) is 13.8 Å². The monoisotopic (exact) mass is 361 g/mol. The van der Waals surface area contributed by atoms with Gasteiger partial charge in [0.15, 0.2) is 18.7 Å². The fraction of sp³-hybridized carbons (Fsp3) is 0.250. The minimum absolute atomic E-state index is 0.421. The van der Waals surface area contributed by atoms with Crippen LogP contribution in [-0.4, -0.2) is 13.3 Å². The molecule has 27 heavy (non-hydrogen) atoms. The van der Waals surface area contributed by atoms with Gasteiger partial charge < -0.3 is 5.32 Å². The highest BCUT2D eigenvalue weighted by atomic mass is 16.1. The number of allylic oxidation sites excluding steroid dienone is 2. The predicted molar refractivity (Wildman–Crippen MR) is 114 cm³/mol. The molecule has 3 nitrogen and oxygen atoms in total. The van der Waals surface area contributed by atoms with Gasteiger partial charge in [0, 0.05) is 24.2 Å². The van der Waals surface area contributed by atoms with E-state index < -0.39 is 0 Å². The first kappa shape index (κ1) is 20.4. The molecule has 2 aromatic carbocycles. The minimum atomic E-state index is 0.421. The number of anilines is 1. The Bertz CT molecular complexity index is 908. The standard InChI is InChI=1S/C11H10NO.C9H13N.C4H6/c13-8-7-12-6-5-10-3-1-2-4-11(10)9-12;1-7-5-4-6-8(2)9(7)10-3;1-4-2-3-4/h1-6,8-9H,7H2;4-6,10H,1-3H3;2H,3H2,1H3/q+1;;. The molecule has 1 aliphatic carbocycles. The zero-order valence-corrected chi connectivity index (χ0v) is 16.7. The Morgan fingerprint density at radius 1 is 0.963 bits per heavy atom. The zero-order valence-electron chi connectivity index (χ0n) is 16.7. The van der Waals surface area contributed by atoms with Gasteiger partial charge >= 0.3 is 0 Å². The summed E-state index contributed by atoms with van der Waals surface area (Å²) in [5.41, 5.74) is 5.41. The molecule has 0 fully saturated rings. The van der Waals surface area contributed by atoms with Crippen molar-refractivity contribution < 1.29 is 9.36 Å². The Labute approximate surface area is 162 Å². The molecule has 0 unspecified atom stereocenters. The molecule has 1 aliphatic rings. The first-order valence-electron chi connectivity index (χ1n) is 9.26. The van der Waals surface area contributed by atoms with E-state index in [0.717, 1.165) is 11.7 Å². The average molecular weight is 362 g/mol. The van der Waals surface area contributed by atoms with E-state index in [-0.39, 0.29) is 0 Å². The number of hydrogen-bond donors (Lipinski definition) is 1. The SMILES string of the molecule is CC1=CC1.CNc1c(C)cccc1C.O=CC[n+]1ccc2ccccc2c1. The van der Waals surface area contributed by atoms with Gasteiger partial charge in [-0.3, -0.25) is 4.79 Å². The first-order valence-corrected chi connectivity index (χ1v) is 9.26. The quantitative estimate of drug-likeness (QED) is 0.404. The maximum atomic E-state index is 10.3.